The number of nitrogens with one attached hydrogen (secondary N) is 2. The Morgan fingerprint density at radius 3 is 2.71 bits per heavy atom. The Bertz CT molecular complexity index is 1120. The summed E-state index contributed by atoms with van der Waals surface area (Å²) in [6.45, 7) is 3.41. The van der Waals surface area contributed by atoms with Gasteiger partial charge in [-0.3, -0.25) is 4.98 Å². The number of methoxy groups -OCH3 is 1. The number of carbonyl (C=O) groups excluding carboxylic acids is 1. The highest BCUT2D eigenvalue weighted by Crippen LogP contribution is 2.48. The second kappa shape index (κ2) is 9.18. The maximum absolute atomic E-state index is 11.9. The van der Waals surface area contributed by atoms with Gasteiger partial charge in [-0.2, -0.15) is 0 Å². The Balaban J connectivity index is 1.64. The first kappa shape index (κ1) is 20.9. The van der Waals surface area contributed by atoms with Gasteiger partial charge in [-0.05, 0) is 24.6 Å². The van der Waals surface area contributed by atoms with E-state index >= 15 is 0 Å². The molecule has 162 valence electrons. The summed E-state index contributed by atoms with van der Waals surface area (Å²) in [7, 11) is 1.57. The van der Waals surface area contributed by atoms with Gasteiger partial charge in [0.1, 0.15) is 24.7 Å². The summed E-state index contributed by atoms with van der Waals surface area (Å²) in [5.74, 6) is 2.63. The molecule has 2 heterocycles. The first-order chi connectivity index (χ1) is 15.1. The molecular formula is C22H22ClN3O5. The van der Waals surface area contributed by atoms with Crippen molar-refractivity contribution < 1.29 is 23.7 Å². The number of hydrogen-bond acceptors (Lipinski definition) is 6. The lowest BCUT2D eigenvalue weighted by Gasteiger charge is -2.23. The zero-order valence-corrected chi connectivity index (χ0v) is 17.9. The van der Waals surface area contributed by atoms with Crippen LogP contribution in [0.1, 0.15) is 13.3 Å². The molecule has 0 spiro atoms. The van der Waals surface area contributed by atoms with E-state index < -0.39 is 0 Å². The molecule has 9 heteroatoms. The minimum absolute atomic E-state index is 0.310. The van der Waals surface area contributed by atoms with Crippen molar-refractivity contribution in [1.29, 1.82) is 0 Å². The van der Waals surface area contributed by atoms with Crippen molar-refractivity contribution in [3.8, 4) is 28.7 Å². The fourth-order valence-electron chi connectivity index (χ4n) is 3.20. The molecule has 2 amide bonds. The predicted octanol–water partition coefficient (Wildman–Crippen LogP) is 4.99. The molecule has 0 bridgehead atoms. The highest BCUT2D eigenvalue weighted by molar-refractivity contribution is 6.33. The molecule has 0 unspecified atom stereocenters. The van der Waals surface area contributed by atoms with Crippen LogP contribution < -0.4 is 29.6 Å². The summed E-state index contributed by atoms with van der Waals surface area (Å²) in [6, 6.07) is 8.26. The summed E-state index contributed by atoms with van der Waals surface area (Å²) in [5.41, 5.74) is 1.14. The van der Waals surface area contributed by atoms with Crippen LogP contribution in [-0.4, -0.2) is 37.9 Å². The number of amides is 2. The summed E-state index contributed by atoms with van der Waals surface area (Å²) in [5, 5.41) is 6.49. The molecule has 31 heavy (non-hydrogen) atoms. The van der Waals surface area contributed by atoms with E-state index in [1.165, 1.54) is 0 Å². The van der Waals surface area contributed by atoms with E-state index in [1.807, 2.05) is 6.92 Å². The summed E-state index contributed by atoms with van der Waals surface area (Å²) >= 11 is 6.35. The number of rotatable bonds is 6. The largest absolute Gasteiger partial charge is 0.493 e. The van der Waals surface area contributed by atoms with Gasteiger partial charge in [0, 0.05) is 24.9 Å². The number of benzene rings is 2. The second-order valence-corrected chi connectivity index (χ2v) is 7.17. The molecule has 1 aliphatic heterocycles. The first-order valence-electron chi connectivity index (χ1n) is 9.88. The Kier molecular flexibility index (Phi) is 6.18. The summed E-state index contributed by atoms with van der Waals surface area (Å²) in [4.78, 5) is 16.3. The van der Waals surface area contributed by atoms with Crippen molar-refractivity contribution in [3.63, 3.8) is 0 Å². The first-order valence-corrected chi connectivity index (χ1v) is 10.3. The quantitative estimate of drug-likeness (QED) is 0.557. The highest BCUT2D eigenvalue weighted by Gasteiger charge is 2.24. The number of ether oxygens (including phenoxy) is 4. The number of aromatic nitrogens is 1. The van der Waals surface area contributed by atoms with Gasteiger partial charge in [0.25, 0.3) is 0 Å². The van der Waals surface area contributed by atoms with E-state index in [9.17, 15) is 4.79 Å². The van der Waals surface area contributed by atoms with Crippen molar-refractivity contribution in [3.05, 3.63) is 41.6 Å². The minimum atomic E-state index is -0.310. The fourth-order valence-corrected chi connectivity index (χ4v) is 3.42. The van der Waals surface area contributed by atoms with Crippen molar-refractivity contribution >= 4 is 34.2 Å². The van der Waals surface area contributed by atoms with E-state index in [2.05, 4.69) is 15.6 Å². The topological polar surface area (TPSA) is 90.9 Å². The zero-order chi connectivity index (χ0) is 21.8. The average Bonchev–Trinajstić information content (AvgIpc) is 2.79. The van der Waals surface area contributed by atoms with Crippen molar-refractivity contribution in [2.45, 2.75) is 13.3 Å². The number of pyridine rings is 1. The molecule has 4 rings (SSSR count). The molecule has 1 aromatic heterocycles. The molecule has 0 aliphatic carbocycles. The standard InChI is InChI=1S/C22H22ClN3O5/c1-3-7-25-22(27)26-15-5-4-13(11-14(15)23)31-17-6-8-24-16-12-18(28-2)20-21(19(16)17)30-10-9-29-20/h4-6,8,11-12H,3,7,9-10H2,1-2H3,(H2,25,26,27). The Morgan fingerprint density at radius 1 is 1.16 bits per heavy atom. The molecule has 8 nitrogen and oxygen atoms in total. The van der Waals surface area contributed by atoms with Gasteiger partial charge < -0.3 is 29.6 Å². The van der Waals surface area contributed by atoms with Crippen molar-refractivity contribution in [2.24, 2.45) is 0 Å². The maximum Gasteiger partial charge on any atom is 0.319 e. The molecule has 0 fully saturated rings. The number of nitrogens with zero attached hydrogens (tertiary/aromatic N) is 1. The third-order valence-corrected chi connectivity index (χ3v) is 4.93. The Morgan fingerprint density at radius 2 is 1.97 bits per heavy atom. The number of carbonyl (C=O) groups is 1. The predicted molar refractivity (Wildman–Crippen MR) is 118 cm³/mol. The number of halogens is 1. The van der Waals surface area contributed by atoms with Gasteiger partial charge in [-0.15, -0.1) is 0 Å². The molecule has 2 aromatic carbocycles. The lowest BCUT2D eigenvalue weighted by atomic mass is 10.1. The summed E-state index contributed by atoms with van der Waals surface area (Å²) in [6.07, 6.45) is 2.49. The van der Waals surface area contributed by atoms with E-state index in [-0.39, 0.29) is 6.03 Å². The van der Waals surface area contributed by atoms with Gasteiger partial charge in [-0.25, -0.2) is 4.79 Å². The van der Waals surface area contributed by atoms with E-state index in [0.717, 1.165) is 6.42 Å². The SMILES string of the molecule is CCCNC(=O)Nc1ccc(Oc2ccnc3cc(OC)c4c(c23)OCCO4)cc1Cl. The van der Waals surface area contributed by atoms with Crippen LogP contribution in [0.25, 0.3) is 10.9 Å². The van der Waals surface area contributed by atoms with Crippen LogP contribution in [0, 0.1) is 0 Å². The third-order valence-electron chi connectivity index (χ3n) is 4.62. The molecule has 0 saturated carbocycles. The fraction of sp³-hybridized carbons (Fsp3) is 0.273. The molecule has 3 aromatic rings. The molecule has 2 N–H and O–H groups in total. The lowest BCUT2D eigenvalue weighted by molar-refractivity contribution is 0.167. The number of fused-ring (bicyclic) bond motifs is 3. The van der Waals surface area contributed by atoms with Crippen molar-refractivity contribution in [2.75, 3.05) is 32.2 Å². The minimum Gasteiger partial charge on any atom is -0.493 e. The van der Waals surface area contributed by atoms with Crippen LogP contribution in [-0.2, 0) is 0 Å². The average molecular weight is 444 g/mol. The Hall–Kier alpha value is -3.39. The molecule has 0 saturated heterocycles. The van der Waals surface area contributed by atoms with Crippen molar-refractivity contribution in [1.82, 2.24) is 10.3 Å². The lowest BCUT2D eigenvalue weighted by Crippen LogP contribution is -2.29. The van der Waals surface area contributed by atoms with Crippen LogP contribution in [0.2, 0.25) is 5.02 Å². The van der Waals surface area contributed by atoms with Crippen LogP contribution in [0.5, 0.6) is 28.7 Å². The second-order valence-electron chi connectivity index (χ2n) is 6.76. The van der Waals surface area contributed by atoms with Crippen LogP contribution in [0.4, 0.5) is 10.5 Å². The highest BCUT2D eigenvalue weighted by atomic mass is 35.5. The van der Waals surface area contributed by atoms with Gasteiger partial charge in [0.2, 0.25) is 5.75 Å². The van der Waals surface area contributed by atoms with E-state index in [1.54, 1.807) is 43.6 Å². The van der Waals surface area contributed by atoms with E-state index in [0.29, 0.717) is 70.1 Å². The van der Waals surface area contributed by atoms with Crippen LogP contribution in [0.15, 0.2) is 36.5 Å². The molecular weight excluding hydrogens is 422 g/mol. The number of urea groups is 1. The van der Waals surface area contributed by atoms with Gasteiger partial charge in [0.15, 0.2) is 11.5 Å². The van der Waals surface area contributed by atoms with Crippen LogP contribution >= 0.6 is 11.6 Å². The third kappa shape index (κ3) is 4.39. The van der Waals surface area contributed by atoms with Crippen LogP contribution in [0.3, 0.4) is 0 Å². The monoisotopic (exact) mass is 443 g/mol. The number of anilines is 1. The smallest absolute Gasteiger partial charge is 0.319 e. The molecule has 1 aliphatic rings. The zero-order valence-electron chi connectivity index (χ0n) is 17.2. The van der Waals surface area contributed by atoms with Gasteiger partial charge >= 0.3 is 6.03 Å². The number of hydrogen-bond donors (Lipinski definition) is 2. The van der Waals surface area contributed by atoms with Gasteiger partial charge in [0.05, 0.1) is 28.7 Å². The normalized spacial score (nSPS) is 12.4. The van der Waals surface area contributed by atoms with Gasteiger partial charge in [-0.1, -0.05) is 18.5 Å². The Labute approximate surface area is 184 Å². The maximum atomic E-state index is 11.9. The van der Waals surface area contributed by atoms with E-state index in [4.69, 9.17) is 30.5 Å². The molecule has 0 atom stereocenters. The molecule has 0 radical (unpaired) electrons. The summed E-state index contributed by atoms with van der Waals surface area (Å²) < 4.78 is 23.2.